The number of hydrogen-bond donors (Lipinski definition) is 1. The Morgan fingerprint density at radius 1 is 1.47 bits per heavy atom. The summed E-state index contributed by atoms with van der Waals surface area (Å²) in [6, 6.07) is 5.42. The standard InChI is InChI=1S/C13H19N3O3/c1-15(11-5-7-19-8-6-11)9-10-3-2-4-12(13(10)14)16(17)18/h2-4,11H,5-9,14H2,1H3. The summed E-state index contributed by atoms with van der Waals surface area (Å²) in [5, 5.41) is 10.9. The molecular weight excluding hydrogens is 246 g/mol. The zero-order valence-electron chi connectivity index (χ0n) is 11.0. The molecule has 0 saturated carbocycles. The van der Waals surface area contributed by atoms with Gasteiger partial charge in [-0.05, 0) is 25.5 Å². The van der Waals surface area contributed by atoms with E-state index >= 15 is 0 Å². The van der Waals surface area contributed by atoms with Crippen LogP contribution in [-0.2, 0) is 11.3 Å². The van der Waals surface area contributed by atoms with Crippen LogP contribution in [-0.4, -0.2) is 36.1 Å². The zero-order chi connectivity index (χ0) is 13.8. The van der Waals surface area contributed by atoms with Gasteiger partial charge < -0.3 is 10.5 Å². The molecule has 0 aliphatic carbocycles. The highest BCUT2D eigenvalue weighted by molar-refractivity contribution is 5.62. The van der Waals surface area contributed by atoms with E-state index in [9.17, 15) is 10.1 Å². The van der Waals surface area contributed by atoms with Gasteiger partial charge in [0.15, 0.2) is 0 Å². The van der Waals surface area contributed by atoms with Crippen LogP contribution in [0.4, 0.5) is 11.4 Å². The van der Waals surface area contributed by atoms with Crippen molar-refractivity contribution in [1.29, 1.82) is 0 Å². The molecule has 2 N–H and O–H groups in total. The highest BCUT2D eigenvalue weighted by atomic mass is 16.6. The molecule has 0 radical (unpaired) electrons. The van der Waals surface area contributed by atoms with E-state index in [0.717, 1.165) is 31.6 Å². The Bertz CT molecular complexity index is 458. The quantitative estimate of drug-likeness (QED) is 0.510. The number of rotatable bonds is 4. The molecule has 1 heterocycles. The Hall–Kier alpha value is -1.66. The molecule has 1 aromatic carbocycles. The van der Waals surface area contributed by atoms with Crippen molar-refractivity contribution in [3.63, 3.8) is 0 Å². The predicted octanol–water partition coefficient (Wildman–Crippen LogP) is 1.79. The monoisotopic (exact) mass is 265 g/mol. The van der Waals surface area contributed by atoms with Crippen LogP contribution in [0.5, 0.6) is 0 Å². The number of nitro groups is 1. The van der Waals surface area contributed by atoms with E-state index in [-0.39, 0.29) is 11.4 Å². The largest absolute Gasteiger partial charge is 0.393 e. The average Bonchev–Trinajstić information content (AvgIpc) is 2.41. The maximum Gasteiger partial charge on any atom is 0.292 e. The molecule has 1 fully saturated rings. The number of nitro benzene ring substituents is 1. The van der Waals surface area contributed by atoms with E-state index in [1.165, 1.54) is 6.07 Å². The summed E-state index contributed by atoms with van der Waals surface area (Å²) in [4.78, 5) is 12.6. The lowest BCUT2D eigenvalue weighted by molar-refractivity contribution is -0.384. The number of nitrogen functional groups attached to an aromatic ring is 1. The molecule has 0 atom stereocenters. The molecule has 6 heteroatoms. The Labute approximate surface area is 112 Å². The van der Waals surface area contributed by atoms with Gasteiger partial charge in [-0.15, -0.1) is 0 Å². The number of hydrogen-bond acceptors (Lipinski definition) is 5. The van der Waals surface area contributed by atoms with Gasteiger partial charge in [0.25, 0.3) is 5.69 Å². The Morgan fingerprint density at radius 3 is 2.79 bits per heavy atom. The third-order valence-corrected chi connectivity index (χ3v) is 3.60. The Balaban J connectivity index is 2.10. The van der Waals surface area contributed by atoms with Gasteiger partial charge in [0.2, 0.25) is 0 Å². The fourth-order valence-corrected chi connectivity index (χ4v) is 2.42. The molecule has 0 spiro atoms. The lowest BCUT2D eigenvalue weighted by Crippen LogP contribution is -2.36. The van der Waals surface area contributed by atoms with Gasteiger partial charge in [-0.25, -0.2) is 0 Å². The van der Waals surface area contributed by atoms with E-state index < -0.39 is 4.92 Å². The van der Waals surface area contributed by atoms with Gasteiger partial charge in [0.1, 0.15) is 5.69 Å². The highest BCUT2D eigenvalue weighted by Crippen LogP contribution is 2.26. The number of anilines is 1. The fourth-order valence-electron chi connectivity index (χ4n) is 2.42. The first-order valence-electron chi connectivity index (χ1n) is 6.39. The van der Waals surface area contributed by atoms with Crippen LogP contribution in [0.1, 0.15) is 18.4 Å². The van der Waals surface area contributed by atoms with E-state index in [0.29, 0.717) is 12.6 Å². The van der Waals surface area contributed by atoms with Crippen LogP contribution < -0.4 is 5.73 Å². The van der Waals surface area contributed by atoms with Crippen molar-refractivity contribution in [2.45, 2.75) is 25.4 Å². The van der Waals surface area contributed by atoms with Gasteiger partial charge in [-0.2, -0.15) is 0 Å². The minimum absolute atomic E-state index is 0.0159. The third-order valence-electron chi connectivity index (χ3n) is 3.60. The molecule has 0 aromatic heterocycles. The van der Waals surface area contributed by atoms with Crippen LogP contribution in [0, 0.1) is 10.1 Å². The summed E-state index contributed by atoms with van der Waals surface area (Å²) in [6.07, 6.45) is 1.98. The summed E-state index contributed by atoms with van der Waals surface area (Å²) in [6.45, 7) is 2.18. The molecule has 0 bridgehead atoms. The van der Waals surface area contributed by atoms with Gasteiger partial charge >= 0.3 is 0 Å². The van der Waals surface area contributed by atoms with E-state index in [1.54, 1.807) is 6.07 Å². The lowest BCUT2D eigenvalue weighted by atomic mass is 10.1. The van der Waals surface area contributed by atoms with Gasteiger partial charge in [-0.1, -0.05) is 12.1 Å². The van der Waals surface area contributed by atoms with Crippen LogP contribution in [0.15, 0.2) is 18.2 Å². The minimum Gasteiger partial charge on any atom is -0.393 e. The molecule has 104 valence electrons. The van der Waals surface area contributed by atoms with Crippen LogP contribution in [0.25, 0.3) is 0 Å². The van der Waals surface area contributed by atoms with E-state index in [2.05, 4.69) is 4.90 Å². The van der Waals surface area contributed by atoms with Crippen molar-refractivity contribution >= 4 is 11.4 Å². The minimum atomic E-state index is -0.437. The fraction of sp³-hybridized carbons (Fsp3) is 0.538. The highest BCUT2D eigenvalue weighted by Gasteiger charge is 2.21. The van der Waals surface area contributed by atoms with Gasteiger partial charge in [0.05, 0.1) is 4.92 Å². The first-order valence-corrected chi connectivity index (χ1v) is 6.39. The molecular formula is C13H19N3O3. The number of para-hydroxylation sites is 1. The van der Waals surface area contributed by atoms with Crippen molar-refractivity contribution in [2.75, 3.05) is 26.0 Å². The molecule has 1 aliphatic heterocycles. The third kappa shape index (κ3) is 3.21. The lowest BCUT2D eigenvalue weighted by Gasteiger charge is -2.31. The van der Waals surface area contributed by atoms with E-state index in [4.69, 9.17) is 10.5 Å². The topological polar surface area (TPSA) is 81.6 Å². The van der Waals surface area contributed by atoms with Crippen molar-refractivity contribution in [3.05, 3.63) is 33.9 Å². The molecule has 0 unspecified atom stereocenters. The predicted molar refractivity (Wildman–Crippen MR) is 72.8 cm³/mol. The number of nitrogens with two attached hydrogens (primary N) is 1. The maximum atomic E-state index is 10.9. The summed E-state index contributed by atoms with van der Waals surface area (Å²) in [5.41, 5.74) is 6.93. The molecule has 1 saturated heterocycles. The van der Waals surface area contributed by atoms with Crippen molar-refractivity contribution in [3.8, 4) is 0 Å². The second-order valence-electron chi connectivity index (χ2n) is 4.87. The smallest absolute Gasteiger partial charge is 0.292 e. The number of ether oxygens (including phenoxy) is 1. The first-order chi connectivity index (χ1) is 9.09. The van der Waals surface area contributed by atoms with Crippen LogP contribution >= 0.6 is 0 Å². The van der Waals surface area contributed by atoms with Gasteiger partial charge in [0, 0.05) is 31.9 Å². The summed E-state index contributed by atoms with van der Waals surface area (Å²) in [7, 11) is 2.02. The second kappa shape index (κ2) is 5.99. The summed E-state index contributed by atoms with van der Waals surface area (Å²) >= 11 is 0. The summed E-state index contributed by atoms with van der Waals surface area (Å²) in [5.74, 6) is 0. The normalized spacial score (nSPS) is 16.7. The van der Waals surface area contributed by atoms with Crippen molar-refractivity contribution in [1.82, 2.24) is 4.90 Å². The van der Waals surface area contributed by atoms with Crippen molar-refractivity contribution in [2.24, 2.45) is 0 Å². The van der Waals surface area contributed by atoms with E-state index in [1.807, 2.05) is 13.1 Å². The summed E-state index contributed by atoms with van der Waals surface area (Å²) < 4.78 is 5.33. The molecule has 1 aliphatic rings. The zero-order valence-corrected chi connectivity index (χ0v) is 11.0. The average molecular weight is 265 g/mol. The second-order valence-corrected chi connectivity index (χ2v) is 4.87. The maximum absolute atomic E-state index is 10.9. The number of nitrogens with zero attached hydrogens (tertiary/aromatic N) is 2. The molecule has 0 amide bonds. The molecule has 2 rings (SSSR count). The Kier molecular flexibility index (Phi) is 4.34. The number of benzene rings is 1. The molecule has 1 aromatic rings. The van der Waals surface area contributed by atoms with Crippen LogP contribution in [0.2, 0.25) is 0 Å². The molecule has 19 heavy (non-hydrogen) atoms. The molecule has 6 nitrogen and oxygen atoms in total. The van der Waals surface area contributed by atoms with Gasteiger partial charge in [-0.3, -0.25) is 15.0 Å². The Morgan fingerprint density at radius 2 is 2.16 bits per heavy atom. The first kappa shape index (κ1) is 13.8. The van der Waals surface area contributed by atoms with Crippen LogP contribution in [0.3, 0.4) is 0 Å². The SMILES string of the molecule is CN(Cc1cccc([N+](=O)[O-])c1N)C1CCOCC1. The van der Waals surface area contributed by atoms with Crippen molar-refractivity contribution < 1.29 is 9.66 Å².